The Morgan fingerprint density at radius 3 is 2.75 bits per heavy atom. The van der Waals surface area contributed by atoms with Crippen LogP contribution in [0.1, 0.15) is 37.7 Å². The molecule has 7 heteroatoms. The van der Waals surface area contributed by atoms with Gasteiger partial charge >= 0.3 is 0 Å². The maximum absolute atomic E-state index is 6.30. The lowest BCUT2D eigenvalue weighted by Crippen LogP contribution is -2.58. The number of guanidine groups is 2. The molecule has 7 nitrogen and oxygen atoms in total. The van der Waals surface area contributed by atoms with Crippen LogP contribution in [0, 0.1) is 0 Å². The van der Waals surface area contributed by atoms with Crippen molar-refractivity contribution in [1.82, 2.24) is 5.32 Å². The van der Waals surface area contributed by atoms with Gasteiger partial charge in [0.25, 0.3) is 0 Å². The minimum Gasteiger partial charge on any atom is -0.384 e. The Kier molecular flexibility index (Phi) is 3.80. The second-order valence-electron chi connectivity index (χ2n) is 6.76. The van der Waals surface area contributed by atoms with Crippen molar-refractivity contribution in [3.05, 3.63) is 23.8 Å². The highest BCUT2D eigenvalue weighted by Gasteiger charge is 2.42. The lowest BCUT2D eigenvalue weighted by Gasteiger charge is -2.45. The van der Waals surface area contributed by atoms with E-state index < -0.39 is 0 Å². The molecule has 6 N–H and O–H groups in total. The van der Waals surface area contributed by atoms with Gasteiger partial charge in [-0.25, -0.2) is 4.99 Å². The van der Waals surface area contributed by atoms with E-state index in [9.17, 15) is 0 Å². The van der Waals surface area contributed by atoms with E-state index in [2.05, 4.69) is 38.7 Å². The number of nitrogens with two attached hydrogens (primary N) is 2. The molecule has 1 aliphatic carbocycles. The first-order valence-corrected chi connectivity index (χ1v) is 8.75. The molecule has 128 valence electrons. The highest BCUT2D eigenvalue weighted by atomic mass is 15.4. The molecule has 1 aromatic rings. The van der Waals surface area contributed by atoms with Crippen molar-refractivity contribution in [2.24, 2.45) is 21.5 Å². The Bertz CT molecular complexity index is 688. The molecule has 0 radical (unpaired) electrons. The van der Waals surface area contributed by atoms with Gasteiger partial charge in [0.05, 0.1) is 0 Å². The molecule has 0 saturated heterocycles. The van der Waals surface area contributed by atoms with Crippen LogP contribution >= 0.6 is 0 Å². The molecule has 4 rings (SSSR count). The lowest BCUT2D eigenvalue weighted by atomic mass is 9.87. The largest absolute Gasteiger partial charge is 0.384 e. The highest BCUT2D eigenvalue weighted by Crippen LogP contribution is 2.40. The molecular weight excluding hydrogens is 302 g/mol. The normalized spacial score (nSPS) is 22.9. The number of hydrogen-bond donors (Lipinski definition) is 4. The third-order valence-corrected chi connectivity index (χ3v) is 5.13. The molecule has 0 aromatic heterocycles. The Morgan fingerprint density at radius 2 is 1.92 bits per heavy atom. The predicted molar refractivity (Wildman–Crippen MR) is 98.2 cm³/mol. The van der Waals surface area contributed by atoms with E-state index in [4.69, 9.17) is 16.5 Å². The Balaban J connectivity index is 1.76. The van der Waals surface area contributed by atoms with Crippen LogP contribution in [0.3, 0.4) is 0 Å². The molecular formula is C17H25N7. The fourth-order valence-corrected chi connectivity index (χ4v) is 4.04. The molecule has 2 aliphatic heterocycles. The molecule has 0 unspecified atom stereocenters. The summed E-state index contributed by atoms with van der Waals surface area (Å²) in [4.78, 5) is 11.1. The smallest absolute Gasteiger partial charge is 0.220 e. The fourth-order valence-electron chi connectivity index (χ4n) is 4.04. The molecule has 0 atom stereocenters. The molecule has 1 spiro atoms. The zero-order valence-electron chi connectivity index (χ0n) is 13.9. The van der Waals surface area contributed by atoms with Crippen LogP contribution < -0.4 is 27.0 Å². The summed E-state index contributed by atoms with van der Waals surface area (Å²) in [5.41, 5.74) is 15.3. The third kappa shape index (κ3) is 2.58. The molecule has 1 aromatic carbocycles. The minimum atomic E-state index is -0.381. The molecule has 1 saturated carbocycles. The third-order valence-electron chi connectivity index (χ3n) is 5.13. The van der Waals surface area contributed by atoms with Crippen LogP contribution in [-0.4, -0.2) is 30.7 Å². The maximum Gasteiger partial charge on any atom is 0.220 e. The van der Waals surface area contributed by atoms with Crippen molar-refractivity contribution in [3.8, 4) is 0 Å². The van der Waals surface area contributed by atoms with Gasteiger partial charge in [-0.1, -0.05) is 6.42 Å². The van der Waals surface area contributed by atoms with Gasteiger partial charge in [-0.3, -0.25) is 4.90 Å². The summed E-state index contributed by atoms with van der Waals surface area (Å²) >= 11 is 0. The van der Waals surface area contributed by atoms with Crippen molar-refractivity contribution < 1.29 is 0 Å². The van der Waals surface area contributed by atoms with Gasteiger partial charge in [-0.05, 0) is 49.4 Å². The van der Waals surface area contributed by atoms with E-state index >= 15 is 0 Å². The van der Waals surface area contributed by atoms with Crippen LogP contribution in [0.25, 0.3) is 0 Å². The van der Waals surface area contributed by atoms with E-state index in [1.165, 1.54) is 17.7 Å². The van der Waals surface area contributed by atoms with Gasteiger partial charge in [0.1, 0.15) is 5.66 Å². The quantitative estimate of drug-likeness (QED) is 0.623. The lowest BCUT2D eigenvalue weighted by molar-refractivity contribution is 0.305. The molecule has 0 bridgehead atoms. The Hall–Kier alpha value is -2.28. The van der Waals surface area contributed by atoms with Crippen LogP contribution in [0.2, 0.25) is 0 Å². The zero-order valence-corrected chi connectivity index (χ0v) is 13.9. The number of nitrogens with zero attached hydrogens (tertiary/aromatic N) is 3. The summed E-state index contributed by atoms with van der Waals surface area (Å²) < 4.78 is 0. The molecule has 1 fully saturated rings. The summed E-state index contributed by atoms with van der Waals surface area (Å²) in [6.45, 7) is 2.74. The van der Waals surface area contributed by atoms with Crippen molar-refractivity contribution >= 4 is 23.3 Å². The predicted octanol–water partition coefficient (Wildman–Crippen LogP) is 1.31. The first-order valence-electron chi connectivity index (χ1n) is 8.75. The number of hydrogen-bond acceptors (Lipinski definition) is 7. The van der Waals surface area contributed by atoms with Gasteiger partial charge in [0.2, 0.25) is 11.9 Å². The van der Waals surface area contributed by atoms with Gasteiger partial charge in [0, 0.05) is 31.0 Å². The topological polar surface area (TPSA) is 104 Å². The zero-order chi connectivity index (χ0) is 16.6. The monoisotopic (exact) mass is 327 g/mol. The minimum absolute atomic E-state index is 0.295. The number of rotatable bonds is 1. The average molecular weight is 327 g/mol. The molecule has 3 aliphatic rings. The van der Waals surface area contributed by atoms with Crippen LogP contribution in [0.4, 0.5) is 11.4 Å². The number of nitrogens with one attached hydrogen (secondary N) is 2. The Morgan fingerprint density at radius 1 is 1.08 bits per heavy atom. The van der Waals surface area contributed by atoms with Gasteiger partial charge < -0.3 is 22.1 Å². The van der Waals surface area contributed by atoms with E-state index in [0.29, 0.717) is 11.9 Å². The van der Waals surface area contributed by atoms with Crippen molar-refractivity contribution in [1.29, 1.82) is 0 Å². The molecule has 0 amide bonds. The summed E-state index contributed by atoms with van der Waals surface area (Å²) in [5.74, 6) is 0.739. The van der Waals surface area contributed by atoms with Crippen LogP contribution in [0.5, 0.6) is 0 Å². The SMILES string of the molecule is NC1=NC2(CCCCC2)N(c2ccc3c(c2)CNCCN3)C(N)=N1. The summed E-state index contributed by atoms with van der Waals surface area (Å²) in [5, 5.41) is 6.89. The summed E-state index contributed by atoms with van der Waals surface area (Å²) in [7, 11) is 0. The Labute approximate surface area is 142 Å². The van der Waals surface area contributed by atoms with E-state index in [1.807, 2.05) is 0 Å². The second kappa shape index (κ2) is 5.98. The number of aliphatic imine (C=N–C) groups is 2. The standard InChI is InChI=1S/C17H25N7/c18-15-22-16(19)24(17(23-15)6-2-1-3-7-17)13-4-5-14-12(10-13)11-20-8-9-21-14/h4-5,10,20-21H,1-3,6-9,11H2,(H4,18,19,22,23). The maximum atomic E-state index is 6.30. The second-order valence-corrected chi connectivity index (χ2v) is 6.76. The number of fused-ring (bicyclic) bond motifs is 1. The van der Waals surface area contributed by atoms with Crippen LogP contribution in [-0.2, 0) is 6.54 Å². The van der Waals surface area contributed by atoms with Gasteiger partial charge in [0.15, 0.2) is 0 Å². The molecule has 24 heavy (non-hydrogen) atoms. The highest BCUT2D eigenvalue weighted by molar-refractivity contribution is 6.05. The molecule has 2 heterocycles. The van der Waals surface area contributed by atoms with E-state index in [1.54, 1.807) is 0 Å². The van der Waals surface area contributed by atoms with E-state index in [-0.39, 0.29) is 5.66 Å². The number of anilines is 2. The van der Waals surface area contributed by atoms with Crippen molar-refractivity contribution in [3.63, 3.8) is 0 Å². The number of benzene rings is 1. The van der Waals surface area contributed by atoms with Crippen molar-refractivity contribution in [2.75, 3.05) is 23.3 Å². The van der Waals surface area contributed by atoms with Crippen molar-refractivity contribution in [2.45, 2.75) is 44.3 Å². The average Bonchev–Trinajstić information content (AvgIpc) is 2.79. The van der Waals surface area contributed by atoms with Gasteiger partial charge in [-0.2, -0.15) is 4.99 Å². The summed E-state index contributed by atoms with van der Waals surface area (Å²) in [6, 6.07) is 6.42. The summed E-state index contributed by atoms with van der Waals surface area (Å²) in [6.07, 6.45) is 5.42. The van der Waals surface area contributed by atoms with Crippen LogP contribution in [0.15, 0.2) is 28.2 Å². The first kappa shape index (κ1) is 15.3. The van der Waals surface area contributed by atoms with Gasteiger partial charge in [-0.15, -0.1) is 0 Å². The fraction of sp³-hybridized carbons (Fsp3) is 0.529. The first-order chi connectivity index (χ1) is 11.7. The van der Waals surface area contributed by atoms with E-state index in [0.717, 1.165) is 51.0 Å².